The fraction of sp³-hybridized carbons (Fsp3) is 1.00. The minimum atomic E-state index is -1.17. The first kappa shape index (κ1) is 6.54. The lowest BCUT2D eigenvalue weighted by molar-refractivity contribution is -0.541. The van der Waals surface area contributed by atoms with Gasteiger partial charge in [0.25, 0.3) is 0 Å². The highest BCUT2D eigenvalue weighted by Gasteiger charge is 2.45. The zero-order valence-electron chi connectivity index (χ0n) is 5.83. The van der Waals surface area contributed by atoms with Crippen LogP contribution in [0.4, 0.5) is 0 Å². The molecule has 0 aromatic carbocycles. The number of hydrogen-bond donors (Lipinski definition) is 0. The first-order valence-corrected chi connectivity index (χ1v) is 3.32. The summed E-state index contributed by atoms with van der Waals surface area (Å²) in [6, 6.07) is 0. The summed E-state index contributed by atoms with van der Waals surface area (Å²) >= 11 is 0. The largest absolute Gasteiger partial charge is 0.412 e. The van der Waals surface area contributed by atoms with Crippen LogP contribution in [0.25, 0.3) is 0 Å². The molecule has 0 aliphatic carbocycles. The second-order valence-electron chi connectivity index (χ2n) is 2.50. The van der Waals surface area contributed by atoms with Crippen LogP contribution >= 0.6 is 0 Å². The lowest BCUT2D eigenvalue weighted by Gasteiger charge is -2.42. The smallest absolute Gasteiger partial charge is 0.307 e. The van der Waals surface area contributed by atoms with Gasteiger partial charge >= 0.3 is 6.16 Å². The van der Waals surface area contributed by atoms with E-state index < -0.39 is 6.16 Å². The summed E-state index contributed by atoms with van der Waals surface area (Å²) < 4.78 is 20.3. The molecule has 2 bridgehead atoms. The number of ether oxygens (including phenoxy) is 4. The Balaban J connectivity index is 2.08. The molecule has 4 nitrogen and oxygen atoms in total. The average molecular weight is 146 g/mol. The first-order valence-electron chi connectivity index (χ1n) is 3.32. The van der Waals surface area contributed by atoms with E-state index in [1.807, 2.05) is 0 Å². The molecule has 0 radical (unpaired) electrons. The van der Waals surface area contributed by atoms with Crippen molar-refractivity contribution in [2.75, 3.05) is 26.9 Å². The summed E-state index contributed by atoms with van der Waals surface area (Å²) in [5.41, 5.74) is 0. The van der Waals surface area contributed by atoms with Crippen LogP contribution < -0.4 is 0 Å². The molecular formula is C6H10O4. The van der Waals surface area contributed by atoms with Gasteiger partial charge in [-0.25, -0.2) is 0 Å². The standard InChI is InChI=1S/C6H10O4/c1-7-6-8-2-5(3-9-6)4-10-6/h5H,2-4H2,1H3. The quantitative estimate of drug-likeness (QED) is 0.519. The lowest BCUT2D eigenvalue weighted by Crippen LogP contribution is -2.54. The average Bonchev–Trinajstić information content (AvgIpc) is 2.08. The topological polar surface area (TPSA) is 36.9 Å². The highest BCUT2D eigenvalue weighted by molar-refractivity contribution is 4.68. The fourth-order valence-electron chi connectivity index (χ4n) is 1.11. The van der Waals surface area contributed by atoms with Crippen molar-refractivity contribution >= 4 is 0 Å². The number of methoxy groups -OCH3 is 1. The molecule has 58 valence electrons. The molecule has 3 saturated heterocycles. The predicted molar refractivity (Wildman–Crippen MR) is 31.1 cm³/mol. The lowest BCUT2D eigenvalue weighted by atomic mass is 10.2. The van der Waals surface area contributed by atoms with Crippen LogP contribution in [0.3, 0.4) is 0 Å². The van der Waals surface area contributed by atoms with Gasteiger partial charge in [-0.15, -0.1) is 0 Å². The van der Waals surface area contributed by atoms with Crippen LogP contribution in [0.2, 0.25) is 0 Å². The second kappa shape index (κ2) is 2.17. The molecule has 0 unspecified atom stereocenters. The van der Waals surface area contributed by atoms with E-state index in [0.717, 1.165) is 0 Å². The van der Waals surface area contributed by atoms with Gasteiger partial charge in [-0.3, -0.25) is 0 Å². The molecule has 0 amide bonds. The number of fused-ring (bicyclic) bond motifs is 3. The van der Waals surface area contributed by atoms with Crippen molar-refractivity contribution in [1.82, 2.24) is 0 Å². The third kappa shape index (κ3) is 0.845. The van der Waals surface area contributed by atoms with E-state index >= 15 is 0 Å². The van der Waals surface area contributed by atoms with Crippen LogP contribution in [0, 0.1) is 5.92 Å². The van der Waals surface area contributed by atoms with Crippen LogP contribution in [0.1, 0.15) is 0 Å². The molecule has 3 heterocycles. The molecule has 10 heavy (non-hydrogen) atoms. The van der Waals surface area contributed by atoms with E-state index in [-0.39, 0.29) is 0 Å². The van der Waals surface area contributed by atoms with Crippen molar-refractivity contribution in [3.63, 3.8) is 0 Å². The van der Waals surface area contributed by atoms with E-state index in [9.17, 15) is 0 Å². The maximum atomic E-state index is 5.15. The van der Waals surface area contributed by atoms with Crippen molar-refractivity contribution in [3.05, 3.63) is 0 Å². The normalized spacial score (nSPS) is 45.9. The molecule has 3 fully saturated rings. The molecule has 3 rings (SSSR count). The molecule has 3 aliphatic rings. The second-order valence-corrected chi connectivity index (χ2v) is 2.50. The Hall–Kier alpha value is -0.160. The van der Waals surface area contributed by atoms with Crippen LogP contribution in [0.5, 0.6) is 0 Å². The van der Waals surface area contributed by atoms with Gasteiger partial charge in [0.1, 0.15) is 0 Å². The molecule has 0 aromatic heterocycles. The Bertz CT molecular complexity index is 114. The molecule has 0 aromatic rings. The van der Waals surface area contributed by atoms with Crippen molar-refractivity contribution in [1.29, 1.82) is 0 Å². The van der Waals surface area contributed by atoms with Crippen LogP contribution in [-0.2, 0) is 18.9 Å². The van der Waals surface area contributed by atoms with Gasteiger partial charge in [-0.05, 0) is 0 Å². The Morgan fingerprint density at radius 3 is 2.00 bits per heavy atom. The third-order valence-electron chi connectivity index (χ3n) is 1.74. The van der Waals surface area contributed by atoms with E-state index in [0.29, 0.717) is 25.7 Å². The van der Waals surface area contributed by atoms with Gasteiger partial charge in [0.05, 0.1) is 19.8 Å². The van der Waals surface area contributed by atoms with E-state index in [1.165, 1.54) is 7.11 Å². The van der Waals surface area contributed by atoms with Gasteiger partial charge in [-0.2, -0.15) is 0 Å². The number of hydrogen-bond acceptors (Lipinski definition) is 4. The van der Waals surface area contributed by atoms with E-state index in [4.69, 9.17) is 18.9 Å². The summed E-state index contributed by atoms with van der Waals surface area (Å²) in [5.74, 6) is 0.386. The summed E-state index contributed by atoms with van der Waals surface area (Å²) in [5, 5.41) is 0. The minimum Gasteiger partial charge on any atom is -0.307 e. The predicted octanol–water partition coefficient (Wildman–Crippen LogP) is -0.0627. The zero-order chi connectivity index (χ0) is 7.03. The fourth-order valence-corrected chi connectivity index (χ4v) is 1.11. The molecule has 0 N–H and O–H groups in total. The Morgan fingerprint density at radius 1 is 1.20 bits per heavy atom. The van der Waals surface area contributed by atoms with Crippen molar-refractivity contribution in [2.45, 2.75) is 6.16 Å². The first-order chi connectivity index (χ1) is 4.85. The molecule has 0 saturated carbocycles. The number of rotatable bonds is 1. The monoisotopic (exact) mass is 146 g/mol. The van der Waals surface area contributed by atoms with Gasteiger partial charge in [0, 0.05) is 13.0 Å². The van der Waals surface area contributed by atoms with Gasteiger partial charge in [0.15, 0.2) is 0 Å². The van der Waals surface area contributed by atoms with Gasteiger partial charge in [0.2, 0.25) is 0 Å². The maximum absolute atomic E-state index is 5.15. The zero-order valence-corrected chi connectivity index (χ0v) is 5.83. The molecule has 0 atom stereocenters. The minimum absolute atomic E-state index is 0.386. The molecule has 3 aliphatic heterocycles. The Kier molecular flexibility index (Phi) is 1.42. The van der Waals surface area contributed by atoms with E-state index in [2.05, 4.69) is 0 Å². The summed E-state index contributed by atoms with van der Waals surface area (Å²) in [6.45, 7) is 2.02. The highest BCUT2D eigenvalue weighted by atomic mass is 17.0. The summed E-state index contributed by atoms with van der Waals surface area (Å²) in [4.78, 5) is 0. The Labute approximate surface area is 59.0 Å². The van der Waals surface area contributed by atoms with Gasteiger partial charge in [-0.1, -0.05) is 0 Å². The third-order valence-corrected chi connectivity index (χ3v) is 1.74. The van der Waals surface area contributed by atoms with E-state index in [1.54, 1.807) is 0 Å². The van der Waals surface area contributed by atoms with Crippen LogP contribution in [-0.4, -0.2) is 33.1 Å². The van der Waals surface area contributed by atoms with Crippen molar-refractivity contribution in [2.24, 2.45) is 5.92 Å². The van der Waals surface area contributed by atoms with Crippen molar-refractivity contribution < 1.29 is 18.9 Å². The van der Waals surface area contributed by atoms with Crippen molar-refractivity contribution in [3.8, 4) is 0 Å². The Morgan fingerprint density at radius 2 is 1.70 bits per heavy atom. The summed E-state index contributed by atoms with van der Waals surface area (Å²) in [7, 11) is 1.51. The highest BCUT2D eigenvalue weighted by Crippen LogP contribution is 2.30. The van der Waals surface area contributed by atoms with Gasteiger partial charge < -0.3 is 18.9 Å². The molecule has 4 heteroatoms. The SMILES string of the molecule is COC12OCC(CO1)CO2. The summed E-state index contributed by atoms with van der Waals surface area (Å²) in [6.07, 6.45) is -1.17. The molecular weight excluding hydrogens is 136 g/mol. The molecule has 0 spiro atoms. The van der Waals surface area contributed by atoms with Crippen LogP contribution in [0.15, 0.2) is 0 Å². The maximum Gasteiger partial charge on any atom is 0.412 e.